The summed E-state index contributed by atoms with van der Waals surface area (Å²) in [6.07, 6.45) is 1.04. The molecule has 2 aromatic rings. The van der Waals surface area contributed by atoms with Crippen molar-refractivity contribution in [2.24, 2.45) is 0 Å². The molecule has 0 saturated carbocycles. The van der Waals surface area contributed by atoms with Crippen molar-refractivity contribution in [2.75, 3.05) is 33.9 Å². The molecule has 1 saturated heterocycles. The van der Waals surface area contributed by atoms with E-state index in [1.807, 2.05) is 24.0 Å². The second-order valence-electron chi connectivity index (χ2n) is 8.63. The number of morpholine rings is 1. The van der Waals surface area contributed by atoms with Crippen LogP contribution in [-0.2, 0) is 22.4 Å². The number of phenols is 1. The number of aliphatic hydroxyl groups excluding tert-OH is 1. The standard InChI is InChI=1S/C25H31NO6/c1-15-14-26(6-7-32-15)24(29)13-21(17-5-4-16-9-19(27)10-18(16)8-17)25-22(28)11-20(30-2)12-23(25)31-3/h4-5,8,11-12,15,19,21,27-28H,6-7,9-10,13-14H2,1-3H3. The van der Waals surface area contributed by atoms with E-state index in [1.165, 1.54) is 7.11 Å². The van der Waals surface area contributed by atoms with Gasteiger partial charge in [0.05, 0.1) is 33.0 Å². The summed E-state index contributed by atoms with van der Waals surface area (Å²) in [7, 11) is 3.07. The molecule has 3 unspecified atom stereocenters. The summed E-state index contributed by atoms with van der Waals surface area (Å²) in [6.45, 7) is 3.58. The number of phenolic OH excluding ortho intramolecular Hbond substituents is 1. The van der Waals surface area contributed by atoms with Crippen molar-refractivity contribution < 1.29 is 29.2 Å². The van der Waals surface area contributed by atoms with Gasteiger partial charge in [-0.25, -0.2) is 0 Å². The number of fused-ring (bicyclic) bond motifs is 1. The zero-order valence-corrected chi connectivity index (χ0v) is 18.8. The second-order valence-corrected chi connectivity index (χ2v) is 8.63. The van der Waals surface area contributed by atoms with E-state index in [0.29, 0.717) is 49.6 Å². The zero-order chi connectivity index (χ0) is 22.8. The maximum atomic E-state index is 13.3. The highest BCUT2D eigenvalue weighted by molar-refractivity contribution is 5.78. The van der Waals surface area contributed by atoms with Crippen molar-refractivity contribution in [3.63, 3.8) is 0 Å². The number of aliphatic hydroxyl groups is 1. The third-order valence-corrected chi connectivity index (χ3v) is 6.41. The summed E-state index contributed by atoms with van der Waals surface area (Å²) in [5, 5.41) is 21.0. The summed E-state index contributed by atoms with van der Waals surface area (Å²) >= 11 is 0. The molecule has 2 aliphatic rings. The van der Waals surface area contributed by atoms with Gasteiger partial charge in [0.25, 0.3) is 0 Å². The summed E-state index contributed by atoms with van der Waals surface area (Å²) in [5.74, 6) is 0.560. The van der Waals surface area contributed by atoms with E-state index < -0.39 is 5.92 Å². The minimum Gasteiger partial charge on any atom is -0.507 e. The smallest absolute Gasteiger partial charge is 0.223 e. The number of methoxy groups -OCH3 is 2. The molecule has 32 heavy (non-hydrogen) atoms. The van der Waals surface area contributed by atoms with Gasteiger partial charge in [-0.3, -0.25) is 4.79 Å². The number of ether oxygens (including phenoxy) is 3. The van der Waals surface area contributed by atoms with Gasteiger partial charge in [0.2, 0.25) is 5.91 Å². The number of hydrogen-bond donors (Lipinski definition) is 2. The van der Waals surface area contributed by atoms with Crippen LogP contribution in [0.15, 0.2) is 30.3 Å². The van der Waals surface area contributed by atoms with E-state index in [9.17, 15) is 15.0 Å². The Morgan fingerprint density at radius 1 is 1.19 bits per heavy atom. The predicted molar refractivity (Wildman–Crippen MR) is 120 cm³/mol. The summed E-state index contributed by atoms with van der Waals surface area (Å²) in [6, 6.07) is 9.32. The molecule has 7 heteroatoms. The van der Waals surface area contributed by atoms with Gasteiger partial charge < -0.3 is 29.3 Å². The lowest BCUT2D eigenvalue weighted by molar-refractivity contribution is -0.138. The third kappa shape index (κ3) is 4.54. The summed E-state index contributed by atoms with van der Waals surface area (Å²) in [4.78, 5) is 15.1. The van der Waals surface area contributed by atoms with E-state index in [-0.39, 0.29) is 30.3 Å². The average Bonchev–Trinajstić information content (AvgIpc) is 3.16. The highest BCUT2D eigenvalue weighted by Crippen LogP contribution is 2.44. The van der Waals surface area contributed by atoms with Gasteiger partial charge in [0, 0.05) is 43.1 Å². The van der Waals surface area contributed by atoms with Crippen molar-refractivity contribution in [1.82, 2.24) is 4.90 Å². The number of hydrogen-bond acceptors (Lipinski definition) is 6. The Labute approximate surface area is 188 Å². The number of amides is 1. The van der Waals surface area contributed by atoms with Gasteiger partial charge in [-0.15, -0.1) is 0 Å². The molecule has 2 aromatic carbocycles. The normalized spacial score (nSPS) is 21.2. The van der Waals surface area contributed by atoms with Gasteiger partial charge in [0.1, 0.15) is 17.2 Å². The van der Waals surface area contributed by atoms with Crippen molar-refractivity contribution in [3.05, 3.63) is 52.6 Å². The van der Waals surface area contributed by atoms with Crippen molar-refractivity contribution in [3.8, 4) is 17.2 Å². The van der Waals surface area contributed by atoms with Crippen LogP contribution in [0, 0.1) is 0 Å². The van der Waals surface area contributed by atoms with Crippen molar-refractivity contribution in [1.29, 1.82) is 0 Å². The van der Waals surface area contributed by atoms with Gasteiger partial charge in [-0.05, 0) is 36.5 Å². The molecule has 1 amide bonds. The molecule has 0 spiro atoms. The minimum atomic E-state index is -0.412. The first-order valence-corrected chi connectivity index (χ1v) is 11.0. The van der Waals surface area contributed by atoms with E-state index in [4.69, 9.17) is 14.2 Å². The van der Waals surface area contributed by atoms with Crippen LogP contribution in [0.1, 0.15) is 41.5 Å². The van der Waals surface area contributed by atoms with Gasteiger partial charge in [-0.1, -0.05) is 18.2 Å². The molecular formula is C25H31NO6. The number of rotatable bonds is 6. The van der Waals surface area contributed by atoms with Crippen LogP contribution in [-0.4, -0.2) is 67.1 Å². The Kier molecular flexibility index (Phi) is 6.58. The van der Waals surface area contributed by atoms with Crippen LogP contribution < -0.4 is 9.47 Å². The largest absolute Gasteiger partial charge is 0.507 e. The van der Waals surface area contributed by atoms with E-state index >= 15 is 0 Å². The molecule has 1 aliphatic carbocycles. The highest BCUT2D eigenvalue weighted by Gasteiger charge is 2.31. The maximum Gasteiger partial charge on any atom is 0.223 e. The number of carbonyl (C=O) groups excluding carboxylic acids is 1. The fourth-order valence-corrected chi connectivity index (χ4v) is 4.79. The first-order valence-electron chi connectivity index (χ1n) is 11.0. The Morgan fingerprint density at radius 3 is 2.69 bits per heavy atom. The SMILES string of the molecule is COc1cc(O)c(C(CC(=O)N2CCOC(C)C2)c2ccc3c(c2)CC(O)C3)c(OC)c1. The molecule has 3 atom stereocenters. The van der Waals surface area contributed by atoms with E-state index in [2.05, 4.69) is 6.07 Å². The van der Waals surface area contributed by atoms with Crippen LogP contribution in [0.5, 0.6) is 17.2 Å². The fraction of sp³-hybridized carbons (Fsp3) is 0.480. The van der Waals surface area contributed by atoms with Crippen molar-refractivity contribution in [2.45, 2.75) is 44.3 Å². The molecule has 7 nitrogen and oxygen atoms in total. The van der Waals surface area contributed by atoms with Gasteiger partial charge in [-0.2, -0.15) is 0 Å². The molecular weight excluding hydrogens is 410 g/mol. The van der Waals surface area contributed by atoms with E-state index in [1.54, 1.807) is 19.2 Å². The lowest BCUT2D eigenvalue weighted by Gasteiger charge is -2.32. The fourth-order valence-electron chi connectivity index (χ4n) is 4.79. The average molecular weight is 442 g/mol. The molecule has 1 fully saturated rings. The molecule has 4 rings (SSSR count). The molecule has 0 radical (unpaired) electrons. The highest BCUT2D eigenvalue weighted by atomic mass is 16.5. The van der Waals surface area contributed by atoms with Crippen LogP contribution in [0.3, 0.4) is 0 Å². The lowest BCUT2D eigenvalue weighted by Crippen LogP contribution is -2.44. The predicted octanol–water partition coefficient (Wildman–Crippen LogP) is 2.64. The third-order valence-electron chi connectivity index (χ3n) is 6.41. The molecule has 0 aromatic heterocycles. The maximum absolute atomic E-state index is 13.3. The Bertz CT molecular complexity index is 991. The monoisotopic (exact) mass is 441 g/mol. The zero-order valence-electron chi connectivity index (χ0n) is 18.8. The van der Waals surface area contributed by atoms with Gasteiger partial charge in [0.15, 0.2) is 0 Å². The summed E-state index contributed by atoms with van der Waals surface area (Å²) in [5.41, 5.74) is 3.67. The summed E-state index contributed by atoms with van der Waals surface area (Å²) < 4.78 is 16.5. The number of nitrogens with zero attached hydrogens (tertiary/aromatic N) is 1. The molecule has 1 heterocycles. The topological polar surface area (TPSA) is 88.5 Å². The molecule has 172 valence electrons. The number of aromatic hydroxyl groups is 1. The Morgan fingerprint density at radius 2 is 1.97 bits per heavy atom. The van der Waals surface area contributed by atoms with Crippen LogP contribution >= 0.6 is 0 Å². The first-order chi connectivity index (χ1) is 15.4. The Hall–Kier alpha value is -2.77. The first kappa shape index (κ1) is 22.4. The molecule has 0 bridgehead atoms. The molecule has 1 aliphatic heterocycles. The van der Waals surface area contributed by atoms with Gasteiger partial charge >= 0.3 is 0 Å². The quantitative estimate of drug-likeness (QED) is 0.717. The van der Waals surface area contributed by atoms with Crippen molar-refractivity contribution >= 4 is 5.91 Å². The minimum absolute atomic E-state index is 0.00274. The number of benzene rings is 2. The lowest BCUT2D eigenvalue weighted by atomic mass is 9.85. The Balaban J connectivity index is 1.74. The van der Waals surface area contributed by atoms with Crippen LogP contribution in [0.2, 0.25) is 0 Å². The molecule has 2 N–H and O–H groups in total. The second kappa shape index (κ2) is 9.38. The van der Waals surface area contributed by atoms with E-state index in [0.717, 1.165) is 16.7 Å². The van der Waals surface area contributed by atoms with Crippen LogP contribution in [0.4, 0.5) is 0 Å². The number of carbonyl (C=O) groups is 1. The van der Waals surface area contributed by atoms with Crippen LogP contribution in [0.25, 0.3) is 0 Å².